The van der Waals surface area contributed by atoms with Crippen LogP contribution in [0.5, 0.6) is 0 Å². The summed E-state index contributed by atoms with van der Waals surface area (Å²) in [6, 6.07) is 36.0. The van der Waals surface area contributed by atoms with Crippen molar-refractivity contribution >= 4 is 23.8 Å². The van der Waals surface area contributed by atoms with Gasteiger partial charge in [-0.2, -0.15) is 0 Å². The van der Waals surface area contributed by atoms with Crippen LogP contribution < -0.4 is 15.9 Å². The number of nitrogens with zero attached hydrogens (tertiary/aromatic N) is 1. The molecule has 7 heteroatoms. The van der Waals surface area contributed by atoms with Crippen LogP contribution in [0.2, 0.25) is 0 Å². The van der Waals surface area contributed by atoms with Crippen molar-refractivity contribution in [1.82, 2.24) is 4.98 Å². The molecule has 0 spiro atoms. The molecule has 0 amide bonds. The molecule has 5 nitrogen and oxygen atoms in total. The van der Waals surface area contributed by atoms with Crippen LogP contribution in [-0.4, -0.2) is 12.1 Å². The normalized spacial score (nSPS) is 9.83. The van der Waals surface area contributed by atoms with Gasteiger partial charge in [-0.25, -0.2) is 0 Å². The molecule has 4 rings (SSSR count). The second-order valence-corrected chi connectivity index (χ2v) is 8.62. The van der Waals surface area contributed by atoms with Gasteiger partial charge in [-0.15, -0.1) is 0 Å². The molecule has 35 heavy (non-hydrogen) atoms. The van der Waals surface area contributed by atoms with E-state index in [1.165, 1.54) is 21.5 Å². The molecule has 0 radical (unpaired) electrons. The zero-order valence-electron chi connectivity index (χ0n) is 18.9. The Kier molecular flexibility index (Phi) is 17.6. The second kappa shape index (κ2) is 19.3. The fourth-order valence-corrected chi connectivity index (χ4v) is 5.91. The van der Waals surface area contributed by atoms with Gasteiger partial charge < -0.3 is 4.74 Å². The summed E-state index contributed by atoms with van der Waals surface area (Å²) >= 11 is 0. The largest absolute Gasteiger partial charge is 0 e. The minimum absolute atomic E-state index is 0. The van der Waals surface area contributed by atoms with Gasteiger partial charge in [-0.3, -0.25) is 4.98 Å². The van der Waals surface area contributed by atoms with Gasteiger partial charge >= 0.3 is 33.9 Å². The van der Waals surface area contributed by atoms with Crippen molar-refractivity contribution in [3.05, 3.63) is 141 Å². The Morgan fingerprint density at radius 1 is 0.657 bits per heavy atom. The minimum atomic E-state index is -0.703. The van der Waals surface area contributed by atoms with Crippen LogP contribution in [0.3, 0.4) is 0 Å². The Balaban J connectivity index is 0.00000154. The number of ether oxygens (including phenoxy) is 1. The van der Waals surface area contributed by atoms with Gasteiger partial charge in [0.1, 0.15) is 6.10 Å². The zero-order chi connectivity index (χ0) is 25.2. The third-order valence-corrected chi connectivity index (χ3v) is 7.20. The maximum atomic E-state index is 7.50. The Labute approximate surface area is 218 Å². The summed E-state index contributed by atoms with van der Waals surface area (Å²) in [5.74, 6) is 0. The fraction of sp³-hybridized carbons (Fsp3) is 0.0714. The van der Waals surface area contributed by atoms with Crippen molar-refractivity contribution in [2.75, 3.05) is 7.11 Å². The van der Waals surface area contributed by atoms with Crippen molar-refractivity contribution in [2.24, 2.45) is 0 Å². The average molecular weight is 519 g/mol. The number of hydrogen-bond acceptors (Lipinski definition) is 2. The molecule has 4 aromatic rings. The van der Waals surface area contributed by atoms with E-state index in [-0.39, 0.29) is 23.5 Å². The van der Waals surface area contributed by atoms with Crippen LogP contribution in [-0.2, 0) is 36.1 Å². The van der Waals surface area contributed by atoms with Crippen molar-refractivity contribution in [3.63, 3.8) is 0 Å². The molecule has 0 bridgehead atoms. The maximum absolute atomic E-state index is 7.50. The van der Waals surface area contributed by atoms with Crippen molar-refractivity contribution in [3.8, 4) is 0 Å². The van der Waals surface area contributed by atoms with E-state index in [1.54, 1.807) is 7.11 Å². The Morgan fingerprint density at radius 2 is 1.11 bits per heavy atom. The van der Waals surface area contributed by atoms with Gasteiger partial charge in [-0.05, 0) is 41.5 Å². The van der Waals surface area contributed by atoms with E-state index < -0.39 is 7.92 Å². The summed E-state index contributed by atoms with van der Waals surface area (Å²) in [4.78, 5) is 4.55. The second-order valence-electron chi connectivity index (χ2n) is 6.44. The van der Waals surface area contributed by atoms with Crippen LogP contribution in [0.25, 0.3) is 0 Å². The topological polar surface area (TPSA) is 81.8 Å². The van der Waals surface area contributed by atoms with Gasteiger partial charge in [-0.1, -0.05) is 91.0 Å². The molecule has 0 saturated heterocycles. The van der Waals surface area contributed by atoms with Crippen molar-refractivity contribution < 1.29 is 36.1 Å². The SMILES string of the molecule is CO[C@H](c1ccccn1)c1ccccc1P(c1ccccc1)c1ccccc1.[C-]#[O+].[C-]#[O+].[C-]#[O+].[Cr]. The Hall–Kier alpha value is -3.05. The van der Waals surface area contributed by atoms with Gasteiger partial charge in [0, 0.05) is 30.7 Å². The summed E-state index contributed by atoms with van der Waals surface area (Å²) in [7, 11) is 1.05. The molecule has 0 unspecified atom stereocenters. The first-order valence-electron chi connectivity index (χ1n) is 9.92. The van der Waals surface area contributed by atoms with Gasteiger partial charge in [0.25, 0.3) is 0 Å². The van der Waals surface area contributed by atoms with Crippen LogP contribution in [0.4, 0.5) is 0 Å². The van der Waals surface area contributed by atoms with Crippen LogP contribution in [0, 0.1) is 20.0 Å². The molecule has 3 aromatic carbocycles. The molecule has 1 atom stereocenters. The average Bonchev–Trinajstić information content (AvgIpc) is 2.95. The number of rotatable bonds is 6. The van der Waals surface area contributed by atoms with Crippen LogP contribution >= 0.6 is 7.92 Å². The maximum Gasteiger partial charge on any atom is 0 e. The number of benzene rings is 3. The van der Waals surface area contributed by atoms with Crippen molar-refractivity contribution in [1.29, 1.82) is 0 Å². The third-order valence-electron chi connectivity index (χ3n) is 4.68. The van der Waals surface area contributed by atoms with E-state index in [0.29, 0.717) is 0 Å². The predicted octanol–water partition coefficient (Wildman–Crippen LogP) is 4.46. The molecule has 0 fully saturated rings. The molecule has 0 aliphatic heterocycles. The van der Waals surface area contributed by atoms with Gasteiger partial charge in [0.15, 0.2) is 0 Å². The zero-order valence-corrected chi connectivity index (χ0v) is 21.1. The summed E-state index contributed by atoms with van der Waals surface area (Å²) < 4.78 is 28.4. The molecule has 0 aliphatic carbocycles. The van der Waals surface area contributed by atoms with E-state index in [0.717, 1.165) is 5.69 Å². The molecule has 174 valence electrons. The molecule has 0 aliphatic rings. The van der Waals surface area contributed by atoms with E-state index in [9.17, 15) is 0 Å². The number of aromatic nitrogens is 1. The van der Waals surface area contributed by atoms with Crippen molar-refractivity contribution in [2.45, 2.75) is 6.10 Å². The quantitative estimate of drug-likeness (QED) is 0.214. The molecular weight excluding hydrogens is 497 g/mol. The number of hydrogen-bond donors (Lipinski definition) is 0. The van der Waals surface area contributed by atoms with Gasteiger partial charge in [0.2, 0.25) is 0 Å². The monoisotopic (exact) mass is 519 g/mol. The first-order chi connectivity index (χ1) is 16.9. The first kappa shape index (κ1) is 32.0. The summed E-state index contributed by atoms with van der Waals surface area (Å²) in [5.41, 5.74) is 2.09. The summed E-state index contributed by atoms with van der Waals surface area (Å²) in [6.07, 6.45) is 1.62. The van der Waals surface area contributed by atoms with E-state index >= 15 is 0 Å². The molecule has 1 heterocycles. The van der Waals surface area contributed by atoms with Gasteiger partial charge in [0.05, 0.1) is 5.69 Å². The predicted molar refractivity (Wildman–Crippen MR) is 130 cm³/mol. The van der Waals surface area contributed by atoms with E-state index in [2.05, 4.69) is 110 Å². The molecule has 0 N–H and O–H groups in total. The van der Waals surface area contributed by atoms with Crippen LogP contribution in [0.1, 0.15) is 17.4 Å². The molecule has 1 aromatic heterocycles. The standard InChI is InChI=1S/C25H22NOP.3CO.Cr/c1-27-25(23-17-10-11-19-26-23)22-16-8-9-18-24(22)28(20-12-4-2-5-13-20)21-14-6-3-7-15-21;3*1-2;/h2-19,25H,1H3;;;;/t25-;;;;/m0..../s1. The smallest absolute Gasteiger partial charge is 0 e. The Bertz CT molecular complexity index is 1100. The van der Waals surface area contributed by atoms with E-state index in [4.69, 9.17) is 18.7 Å². The van der Waals surface area contributed by atoms with E-state index in [1.807, 2.05) is 24.4 Å². The Morgan fingerprint density at radius 3 is 1.57 bits per heavy atom. The number of methoxy groups -OCH3 is 1. The summed E-state index contributed by atoms with van der Waals surface area (Å²) in [6.45, 7) is 13.5. The third kappa shape index (κ3) is 8.91. The minimum Gasteiger partial charge on any atom is 0 e. The first-order valence-corrected chi connectivity index (χ1v) is 11.3. The molecule has 0 saturated carbocycles. The molecular formula is C28H22CrNO4P. The fourth-order valence-electron chi connectivity index (χ4n) is 3.43. The van der Waals surface area contributed by atoms with Crippen LogP contribution in [0.15, 0.2) is 109 Å². The number of pyridine rings is 1. The summed E-state index contributed by atoms with van der Waals surface area (Å²) in [5, 5.41) is 3.95.